The van der Waals surface area contributed by atoms with Crippen LogP contribution in [0.25, 0.3) is 5.95 Å². The van der Waals surface area contributed by atoms with E-state index in [1.54, 1.807) is 12.3 Å². The zero-order valence-electron chi connectivity index (χ0n) is 16.2. The second-order valence-corrected chi connectivity index (χ2v) is 8.76. The molecule has 2 aromatic rings. The standard InChI is InChI=1S/C20H24F3N5O/c21-9-15-3-6-28(26-15)18-24-16(7-14-1-4-20(22,23)5-2-14)8-17(25-18)27-10-19(11-27)12-29-13-19/h3,6,8,14H,1-2,4-5,7,9-13H2. The highest BCUT2D eigenvalue weighted by Gasteiger charge is 2.49. The van der Waals surface area contributed by atoms with Crippen molar-refractivity contribution in [2.75, 3.05) is 31.2 Å². The molecule has 0 N–H and O–H groups in total. The molecule has 0 amide bonds. The van der Waals surface area contributed by atoms with Gasteiger partial charge in [0.05, 0.1) is 24.3 Å². The molecule has 0 atom stereocenters. The predicted octanol–water partition coefficient (Wildman–Crippen LogP) is 3.34. The van der Waals surface area contributed by atoms with Crippen molar-refractivity contribution in [3.63, 3.8) is 0 Å². The Labute approximate surface area is 167 Å². The van der Waals surface area contributed by atoms with E-state index in [1.165, 1.54) is 4.68 Å². The number of aromatic nitrogens is 4. The largest absolute Gasteiger partial charge is 0.380 e. The van der Waals surface area contributed by atoms with E-state index in [2.05, 4.69) is 20.0 Å². The van der Waals surface area contributed by atoms with E-state index >= 15 is 0 Å². The minimum Gasteiger partial charge on any atom is -0.380 e. The molecule has 2 saturated heterocycles. The summed E-state index contributed by atoms with van der Waals surface area (Å²) in [7, 11) is 0. The fourth-order valence-electron chi connectivity index (χ4n) is 4.48. The van der Waals surface area contributed by atoms with E-state index in [0.29, 0.717) is 30.9 Å². The minimum absolute atomic E-state index is 0.0594. The van der Waals surface area contributed by atoms with E-state index in [-0.39, 0.29) is 24.2 Å². The summed E-state index contributed by atoms with van der Waals surface area (Å²) in [6, 6.07) is 3.56. The van der Waals surface area contributed by atoms with Gasteiger partial charge in [0.1, 0.15) is 12.5 Å². The van der Waals surface area contributed by atoms with Gasteiger partial charge in [0.2, 0.25) is 5.92 Å². The van der Waals surface area contributed by atoms with Crippen LogP contribution in [0.4, 0.5) is 19.0 Å². The third-order valence-corrected chi connectivity index (χ3v) is 6.27. The van der Waals surface area contributed by atoms with Crippen LogP contribution in [-0.4, -0.2) is 52.0 Å². The van der Waals surface area contributed by atoms with Crippen molar-refractivity contribution < 1.29 is 17.9 Å². The first-order chi connectivity index (χ1) is 13.9. The lowest BCUT2D eigenvalue weighted by Crippen LogP contribution is -2.66. The molecule has 5 rings (SSSR count). The topological polar surface area (TPSA) is 56.1 Å². The number of halogens is 3. The van der Waals surface area contributed by atoms with Gasteiger partial charge in [-0.25, -0.2) is 22.8 Å². The highest BCUT2D eigenvalue weighted by molar-refractivity contribution is 5.46. The van der Waals surface area contributed by atoms with Gasteiger partial charge in [-0.05, 0) is 31.2 Å². The molecular formula is C20H24F3N5O. The molecular weight excluding hydrogens is 383 g/mol. The van der Waals surface area contributed by atoms with Gasteiger partial charge < -0.3 is 9.64 Å². The zero-order chi connectivity index (χ0) is 20.1. The summed E-state index contributed by atoms with van der Waals surface area (Å²) in [4.78, 5) is 11.5. The summed E-state index contributed by atoms with van der Waals surface area (Å²) in [6.45, 7) is 2.68. The third-order valence-electron chi connectivity index (χ3n) is 6.27. The molecule has 1 spiro atoms. The molecule has 9 heteroatoms. The minimum atomic E-state index is -2.53. The first kappa shape index (κ1) is 18.8. The number of hydrogen-bond acceptors (Lipinski definition) is 5. The number of nitrogens with zero attached hydrogens (tertiary/aromatic N) is 5. The maximum absolute atomic E-state index is 13.5. The van der Waals surface area contributed by atoms with E-state index in [4.69, 9.17) is 4.74 Å². The highest BCUT2D eigenvalue weighted by Crippen LogP contribution is 2.40. The number of ether oxygens (including phenoxy) is 1. The van der Waals surface area contributed by atoms with Crippen molar-refractivity contribution in [2.24, 2.45) is 11.3 Å². The Kier molecular flexibility index (Phi) is 4.53. The number of anilines is 1. The van der Waals surface area contributed by atoms with Crippen LogP contribution in [0.3, 0.4) is 0 Å². The molecule has 29 heavy (non-hydrogen) atoms. The lowest BCUT2D eigenvalue weighted by molar-refractivity contribution is -0.127. The summed E-state index contributed by atoms with van der Waals surface area (Å²) in [5, 5.41) is 4.19. The first-order valence-electron chi connectivity index (χ1n) is 10.1. The summed E-state index contributed by atoms with van der Waals surface area (Å²) in [5.74, 6) is -1.15. The van der Waals surface area contributed by atoms with Crippen LogP contribution < -0.4 is 4.90 Å². The highest BCUT2D eigenvalue weighted by atomic mass is 19.3. The van der Waals surface area contributed by atoms with Crippen LogP contribution >= 0.6 is 0 Å². The lowest BCUT2D eigenvalue weighted by atomic mass is 9.78. The molecule has 6 nitrogen and oxygen atoms in total. The third kappa shape index (κ3) is 3.72. The Morgan fingerprint density at radius 3 is 2.48 bits per heavy atom. The summed E-state index contributed by atoms with van der Waals surface area (Å²) in [5.41, 5.74) is 1.39. The predicted molar refractivity (Wildman–Crippen MR) is 100 cm³/mol. The van der Waals surface area contributed by atoms with Gasteiger partial charge in [0.15, 0.2) is 0 Å². The molecule has 0 unspecified atom stereocenters. The smallest absolute Gasteiger partial charge is 0.252 e. The fourth-order valence-corrected chi connectivity index (χ4v) is 4.48. The fraction of sp³-hybridized carbons (Fsp3) is 0.650. The molecule has 4 heterocycles. The summed E-state index contributed by atoms with van der Waals surface area (Å²) in [6.07, 6.45) is 3.17. The average molecular weight is 407 g/mol. The van der Waals surface area contributed by atoms with Gasteiger partial charge in [0.25, 0.3) is 5.95 Å². The van der Waals surface area contributed by atoms with Gasteiger partial charge in [0, 0.05) is 43.9 Å². The first-order valence-corrected chi connectivity index (χ1v) is 10.1. The van der Waals surface area contributed by atoms with E-state index in [0.717, 1.165) is 37.8 Å². The SMILES string of the molecule is FCc1ccn(-c2nc(CC3CCC(F)(F)CC3)cc(N3CC4(COC4)C3)n2)n1. The maximum atomic E-state index is 13.5. The molecule has 1 aliphatic carbocycles. The van der Waals surface area contributed by atoms with Crippen molar-refractivity contribution in [1.82, 2.24) is 19.7 Å². The Morgan fingerprint density at radius 2 is 1.86 bits per heavy atom. The Hall–Kier alpha value is -2.16. The molecule has 0 radical (unpaired) electrons. The average Bonchev–Trinajstić information content (AvgIpc) is 3.10. The molecule has 0 aromatic carbocycles. The van der Waals surface area contributed by atoms with Crippen LogP contribution in [0, 0.1) is 11.3 Å². The Balaban J connectivity index is 1.39. The Morgan fingerprint density at radius 1 is 1.10 bits per heavy atom. The summed E-state index contributed by atoms with van der Waals surface area (Å²) >= 11 is 0. The molecule has 2 aliphatic heterocycles. The van der Waals surface area contributed by atoms with Crippen molar-refractivity contribution in [1.29, 1.82) is 0 Å². The molecule has 3 aliphatic rings. The Bertz CT molecular complexity index is 880. The van der Waals surface area contributed by atoms with Crippen molar-refractivity contribution in [3.05, 3.63) is 29.7 Å². The molecule has 0 bridgehead atoms. The van der Waals surface area contributed by atoms with Crippen LogP contribution in [0.2, 0.25) is 0 Å². The monoisotopic (exact) mass is 407 g/mol. The summed E-state index contributed by atoms with van der Waals surface area (Å²) < 4.78 is 46.7. The molecule has 2 aromatic heterocycles. The maximum Gasteiger partial charge on any atom is 0.252 e. The molecule has 1 saturated carbocycles. The van der Waals surface area contributed by atoms with Crippen LogP contribution in [0.15, 0.2) is 18.3 Å². The normalized spacial score (nSPS) is 23.1. The van der Waals surface area contributed by atoms with Crippen LogP contribution in [0.1, 0.15) is 37.1 Å². The van der Waals surface area contributed by atoms with Crippen molar-refractivity contribution in [3.8, 4) is 5.95 Å². The van der Waals surface area contributed by atoms with Crippen LogP contribution in [0.5, 0.6) is 0 Å². The van der Waals surface area contributed by atoms with E-state index in [1.807, 2.05) is 6.07 Å². The van der Waals surface area contributed by atoms with E-state index in [9.17, 15) is 13.2 Å². The van der Waals surface area contributed by atoms with Gasteiger partial charge in [-0.1, -0.05) is 0 Å². The molecule has 3 fully saturated rings. The lowest BCUT2D eigenvalue weighted by Gasteiger charge is -2.55. The number of rotatable bonds is 5. The number of alkyl halides is 3. The second kappa shape index (κ2) is 6.97. The van der Waals surface area contributed by atoms with Gasteiger partial charge in [-0.3, -0.25) is 0 Å². The second-order valence-electron chi connectivity index (χ2n) is 8.76. The van der Waals surface area contributed by atoms with Gasteiger partial charge in [-0.2, -0.15) is 10.1 Å². The van der Waals surface area contributed by atoms with Gasteiger partial charge in [-0.15, -0.1) is 0 Å². The van der Waals surface area contributed by atoms with E-state index < -0.39 is 12.6 Å². The number of hydrogen-bond donors (Lipinski definition) is 0. The van der Waals surface area contributed by atoms with Crippen molar-refractivity contribution >= 4 is 5.82 Å². The quantitative estimate of drug-likeness (QED) is 0.761. The molecule has 156 valence electrons. The van der Waals surface area contributed by atoms with Crippen molar-refractivity contribution in [2.45, 2.75) is 44.7 Å². The zero-order valence-corrected chi connectivity index (χ0v) is 16.2. The van der Waals surface area contributed by atoms with Crippen LogP contribution in [-0.2, 0) is 17.8 Å². The van der Waals surface area contributed by atoms with Gasteiger partial charge >= 0.3 is 0 Å².